The Bertz CT molecular complexity index is 933. The maximum atomic E-state index is 12.2. The highest BCUT2D eigenvalue weighted by molar-refractivity contribution is 6.00. The van der Waals surface area contributed by atoms with Crippen LogP contribution >= 0.6 is 0 Å². The van der Waals surface area contributed by atoms with Gasteiger partial charge >= 0.3 is 0 Å². The van der Waals surface area contributed by atoms with E-state index >= 15 is 0 Å². The third kappa shape index (κ3) is 1.58. The third-order valence-corrected chi connectivity index (χ3v) is 5.03. The van der Waals surface area contributed by atoms with Crippen molar-refractivity contribution < 1.29 is 9.53 Å². The van der Waals surface area contributed by atoms with Gasteiger partial charge in [0.15, 0.2) is 5.60 Å². The van der Waals surface area contributed by atoms with Crippen LogP contribution in [0.5, 0.6) is 5.75 Å². The molecule has 2 unspecified atom stereocenters. The number of allylic oxidation sites excluding steroid dienone is 4. The number of nitrogens with one attached hydrogen (secondary N) is 2. The molecule has 1 aromatic rings. The van der Waals surface area contributed by atoms with E-state index in [9.17, 15) is 4.79 Å². The standard InChI is InChI=1S/C20H16N2O2/c1-21-18-16-15(19(23)22-18)9-8-12-11-14-7-4-6-13-5-2-3-10-20(13,14)24-17(12)16/h2-11,18,21H,1H3,(H,22,23). The van der Waals surface area contributed by atoms with Gasteiger partial charge in [0.2, 0.25) is 0 Å². The fourth-order valence-corrected chi connectivity index (χ4v) is 3.85. The summed E-state index contributed by atoms with van der Waals surface area (Å²) in [6, 6.07) is 3.83. The number of carbonyl (C=O) groups is 1. The summed E-state index contributed by atoms with van der Waals surface area (Å²) in [5.74, 6) is 0.705. The SMILES string of the molecule is CNC1NC(=O)c2ccc3c(c21)OC12C=CC=CC1=CC=CC2=C3. The Morgan fingerprint density at radius 1 is 1.17 bits per heavy atom. The topological polar surface area (TPSA) is 50.4 Å². The average molecular weight is 316 g/mol. The van der Waals surface area contributed by atoms with Crippen molar-refractivity contribution in [2.45, 2.75) is 11.8 Å². The molecule has 24 heavy (non-hydrogen) atoms. The van der Waals surface area contributed by atoms with Crippen molar-refractivity contribution in [1.29, 1.82) is 0 Å². The summed E-state index contributed by atoms with van der Waals surface area (Å²) in [5, 5.41) is 6.10. The Morgan fingerprint density at radius 2 is 2.04 bits per heavy atom. The monoisotopic (exact) mass is 316 g/mol. The van der Waals surface area contributed by atoms with Gasteiger partial charge in [-0.3, -0.25) is 10.1 Å². The summed E-state index contributed by atoms with van der Waals surface area (Å²) in [6.07, 6.45) is 16.3. The fourth-order valence-electron chi connectivity index (χ4n) is 3.85. The van der Waals surface area contributed by atoms with E-state index in [0.29, 0.717) is 5.56 Å². The van der Waals surface area contributed by atoms with Crippen molar-refractivity contribution in [2.75, 3.05) is 7.05 Å². The van der Waals surface area contributed by atoms with Gasteiger partial charge in [-0.05, 0) is 25.3 Å². The van der Waals surface area contributed by atoms with Gasteiger partial charge < -0.3 is 10.1 Å². The van der Waals surface area contributed by atoms with Gasteiger partial charge in [0, 0.05) is 27.8 Å². The number of amides is 1. The Kier molecular flexibility index (Phi) is 2.59. The molecule has 0 aromatic heterocycles. The van der Waals surface area contributed by atoms with Gasteiger partial charge in [-0.1, -0.05) is 42.5 Å². The first kappa shape index (κ1) is 13.6. The molecule has 4 aliphatic rings. The zero-order chi connectivity index (χ0) is 16.3. The predicted octanol–water partition coefficient (Wildman–Crippen LogP) is 2.78. The molecule has 0 saturated heterocycles. The quantitative estimate of drug-likeness (QED) is 0.837. The molecule has 4 nitrogen and oxygen atoms in total. The molecule has 2 aliphatic heterocycles. The van der Waals surface area contributed by atoms with Crippen LogP contribution in [-0.4, -0.2) is 18.6 Å². The Balaban J connectivity index is 1.76. The zero-order valence-corrected chi connectivity index (χ0v) is 13.2. The van der Waals surface area contributed by atoms with Crippen molar-refractivity contribution >= 4 is 12.0 Å². The summed E-state index contributed by atoms with van der Waals surface area (Å²) in [7, 11) is 1.83. The van der Waals surface area contributed by atoms with Crippen molar-refractivity contribution in [3.8, 4) is 5.75 Å². The number of hydrogen-bond acceptors (Lipinski definition) is 3. The van der Waals surface area contributed by atoms with Crippen molar-refractivity contribution in [3.05, 3.63) is 82.5 Å². The molecule has 4 heteroatoms. The van der Waals surface area contributed by atoms with Crippen LogP contribution in [-0.2, 0) is 0 Å². The van der Waals surface area contributed by atoms with E-state index in [1.807, 2.05) is 37.4 Å². The number of hydrogen-bond donors (Lipinski definition) is 2. The first-order chi connectivity index (χ1) is 11.7. The van der Waals surface area contributed by atoms with Crippen molar-refractivity contribution in [1.82, 2.24) is 10.6 Å². The predicted molar refractivity (Wildman–Crippen MR) is 92.5 cm³/mol. The lowest BCUT2D eigenvalue weighted by Gasteiger charge is -2.41. The summed E-state index contributed by atoms with van der Waals surface area (Å²) < 4.78 is 6.59. The number of fused-ring (bicyclic) bond motifs is 3. The molecule has 2 aliphatic carbocycles. The lowest BCUT2D eigenvalue weighted by molar-refractivity contribution is 0.0952. The van der Waals surface area contributed by atoms with E-state index < -0.39 is 5.60 Å². The van der Waals surface area contributed by atoms with Crippen LogP contribution in [0.15, 0.2) is 65.8 Å². The molecule has 2 N–H and O–H groups in total. The second-order valence-corrected chi connectivity index (χ2v) is 6.28. The molecular weight excluding hydrogens is 300 g/mol. The summed E-state index contributed by atoms with van der Waals surface area (Å²) in [4.78, 5) is 12.2. The molecule has 1 aromatic carbocycles. The van der Waals surface area contributed by atoms with E-state index in [0.717, 1.165) is 28.0 Å². The van der Waals surface area contributed by atoms with Crippen LogP contribution in [0.3, 0.4) is 0 Å². The minimum absolute atomic E-state index is 0.0681. The first-order valence-corrected chi connectivity index (χ1v) is 8.04. The molecule has 1 spiro atoms. The van der Waals surface area contributed by atoms with Gasteiger partial charge in [0.05, 0.1) is 0 Å². The molecule has 2 heterocycles. The first-order valence-electron chi connectivity index (χ1n) is 8.04. The maximum absolute atomic E-state index is 12.2. The number of ether oxygens (including phenoxy) is 1. The van der Waals surface area contributed by atoms with Gasteiger partial charge in [0.25, 0.3) is 5.91 Å². The van der Waals surface area contributed by atoms with E-state index in [2.05, 4.69) is 41.0 Å². The highest BCUT2D eigenvalue weighted by atomic mass is 16.5. The number of benzene rings is 1. The molecule has 0 fully saturated rings. The van der Waals surface area contributed by atoms with Crippen molar-refractivity contribution in [3.63, 3.8) is 0 Å². The summed E-state index contributed by atoms with van der Waals surface area (Å²) in [5.41, 5.74) is 4.16. The highest BCUT2D eigenvalue weighted by Crippen LogP contribution is 2.48. The Labute approximate surface area is 139 Å². The van der Waals surface area contributed by atoms with Crippen LogP contribution < -0.4 is 15.4 Å². The fraction of sp³-hybridized carbons (Fsp3) is 0.150. The molecule has 5 rings (SSSR count). The van der Waals surface area contributed by atoms with Crippen LogP contribution in [0.2, 0.25) is 0 Å². The van der Waals surface area contributed by atoms with E-state index in [1.54, 1.807) is 0 Å². The molecule has 1 amide bonds. The van der Waals surface area contributed by atoms with Gasteiger partial charge in [-0.15, -0.1) is 0 Å². The average Bonchev–Trinajstić information content (AvgIpc) is 2.95. The van der Waals surface area contributed by atoms with Gasteiger partial charge in [-0.25, -0.2) is 0 Å². The second-order valence-electron chi connectivity index (χ2n) is 6.28. The highest BCUT2D eigenvalue weighted by Gasteiger charge is 2.44. The minimum atomic E-state index is -0.602. The van der Waals surface area contributed by atoms with Crippen LogP contribution in [0, 0.1) is 0 Å². The summed E-state index contributed by atoms with van der Waals surface area (Å²) >= 11 is 0. The summed E-state index contributed by atoms with van der Waals surface area (Å²) in [6.45, 7) is 0. The van der Waals surface area contributed by atoms with Crippen LogP contribution in [0.1, 0.15) is 27.7 Å². The van der Waals surface area contributed by atoms with Crippen LogP contribution in [0.4, 0.5) is 0 Å². The molecule has 0 bridgehead atoms. The van der Waals surface area contributed by atoms with Gasteiger partial charge in [0.1, 0.15) is 11.9 Å². The second kappa shape index (κ2) is 4.58. The van der Waals surface area contributed by atoms with Crippen LogP contribution in [0.25, 0.3) is 6.08 Å². The molecule has 118 valence electrons. The Morgan fingerprint density at radius 3 is 2.92 bits per heavy atom. The zero-order valence-electron chi connectivity index (χ0n) is 13.2. The maximum Gasteiger partial charge on any atom is 0.253 e. The molecular formula is C20H16N2O2. The molecule has 0 radical (unpaired) electrons. The van der Waals surface area contributed by atoms with Crippen molar-refractivity contribution in [2.24, 2.45) is 0 Å². The lowest BCUT2D eigenvalue weighted by atomic mass is 9.77. The number of rotatable bonds is 1. The minimum Gasteiger partial charge on any atom is -0.473 e. The molecule has 0 saturated carbocycles. The lowest BCUT2D eigenvalue weighted by Crippen LogP contribution is -2.41. The normalized spacial score (nSPS) is 28.0. The smallest absolute Gasteiger partial charge is 0.253 e. The van der Waals surface area contributed by atoms with E-state index in [1.165, 1.54) is 0 Å². The van der Waals surface area contributed by atoms with E-state index in [4.69, 9.17) is 4.74 Å². The molecule has 2 atom stereocenters. The van der Waals surface area contributed by atoms with E-state index in [-0.39, 0.29) is 12.1 Å². The third-order valence-electron chi connectivity index (χ3n) is 5.03. The number of carbonyl (C=O) groups excluding carboxylic acids is 1. The largest absolute Gasteiger partial charge is 0.473 e. The Hall–Kier alpha value is -2.85. The van der Waals surface area contributed by atoms with Gasteiger partial charge in [-0.2, -0.15) is 0 Å².